The smallest absolute Gasteiger partial charge is 0.0758 e. The molecule has 0 saturated heterocycles. The van der Waals surface area contributed by atoms with Gasteiger partial charge in [-0.05, 0) is 31.5 Å². The molecule has 1 aromatic heterocycles. The van der Waals surface area contributed by atoms with Gasteiger partial charge in [-0.3, -0.25) is 4.98 Å². The van der Waals surface area contributed by atoms with Gasteiger partial charge in [0.25, 0.3) is 0 Å². The Morgan fingerprint density at radius 3 is 2.43 bits per heavy atom. The van der Waals surface area contributed by atoms with Gasteiger partial charge in [-0.15, -0.1) is 0 Å². The molecule has 1 atom stereocenters. The van der Waals surface area contributed by atoms with E-state index >= 15 is 0 Å². The van der Waals surface area contributed by atoms with Gasteiger partial charge in [0.2, 0.25) is 0 Å². The number of rotatable bonds is 12. The van der Waals surface area contributed by atoms with Crippen LogP contribution < -0.4 is 5.32 Å². The Bertz CT molecular complexity index is 368. The van der Waals surface area contributed by atoms with Crippen LogP contribution in [0.15, 0.2) is 18.3 Å². The van der Waals surface area contributed by atoms with Crippen LogP contribution in [0.1, 0.15) is 83.4 Å². The van der Waals surface area contributed by atoms with E-state index < -0.39 is 0 Å². The van der Waals surface area contributed by atoms with Crippen LogP contribution in [0, 0.1) is 0 Å². The third-order valence-electron chi connectivity index (χ3n) is 3.85. The van der Waals surface area contributed by atoms with Crippen molar-refractivity contribution in [2.75, 3.05) is 6.54 Å². The van der Waals surface area contributed by atoms with Gasteiger partial charge in [0.1, 0.15) is 0 Å². The van der Waals surface area contributed by atoms with Gasteiger partial charge in [0, 0.05) is 6.20 Å². The van der Waals surface area contributed by atoms with Gasteiger partial charge >= 0.3 is 0 Å². The molecular formula is C18H31ClN2. The van der Waals surface area contributed by atoms with Gasteiger partial charge in [0.15, 0.2) is 0 Å². The first-order valence-electron chi connectivity index (χ1n) is 8.63. The maximum absolute atomic E-state index is 6.29. The summed E-state index contributed by atoms with van der Waals surface area (Å²) in [6, 6.07) is 4.14. The second kappa shape index (κ2) is 12.0. The Morgan fingerprint density at radius 2 is 1.76 bits per heavy atom. The average Bonchev–Trinajstić information content (AvgIpc) is 2.50. The molecule has 0 aliphatic rings. The molecule has 0 aromatic carbocycles. The molecule has 0 fully saturated rings. The summed E-state index contributed by atoms with van der Waals surface area (Å²) in [5.41, 5.74) is 1.01. The molecule has 1 N–H and O–H groups in total. The van der Waals surface area contributed by atoms with E-state index in [1.165, 1.54) is 44.9 Å². The summed E-state index contributed by atoms with van der Waals surface area (Å²) < 4.78 is 0. The van der Waals surface area contributed by atoms with E-state index in [2.05, 4.69) is 24.1 Å². The minimum absolute atomic E-state index is 0.300. The topological polar surface area (TPSA) is 24.9 Å². The molecule has 0 saturated carbocycles. The van der Waals surface area contributed by atoms with E-state index in [0.717, 1.165) is 30.1 Å². The summed E-state index contributed by atoms with van der Waals surface area (Å²) in [5, 5.41) is 4.38. The highest BCUT2D eigenvalue weighted by Crippen LogP contribution is 2.25. The lowest BCUT2D eigenvalue weighted by molar-refractivity contribution is 0.458. The fraction of sp³-hybridized carbons (Fsp3) is 0.722. The molecule has 1 heterocycles. The first kappa shape index (κ1) is 18.4. The van der Waals surface area contributed by atoms with Crippen molar-refractivity contribution >= 4 is 11.6 Å². The van der Waals surface area contributed by atoms with Crippen LogP contribution in [0.3, 0.4) is 0 Å². The van der Waals surface area contributed by atoms with Crippen LogP contribution in [0.25, 0.3) is 0 Å². The lowest BCUT2D eigenvalue weighted by atomic mass is 10.0. The van der Waals surface area contributed by atoms with Crippen molar-refractivity contribution in [2.45, 2.75) is 77.7 Å². The summed E-state index contributed by atoms with van der Waals surface area (Å²) in [4.78, 5) is 4.48. The number of halogens is 1. The van der Waals surface area contributed by atoms with Gasteiger partial charge < -0.3 is 5.32 Å². The Kier molecular flexibility index (Phi) is 10.5. The number of hydrogen-bond acceptors (Lipinski definition) is 2. The van der Waals surface area contributed by atoms with Crippen molar-refractivity contribution in [3.63, 3.8) is 0 Å². The highest BCUT2D eigenvalue weighted by atomic mass is 35.5. The van der Waals surface area contributed by atoms with Crippen LogP contribution in [-0.2, 0) is 0 Å². The predicted octanol–water partition coefficient (Wildman–Crippen LogP) is 5.92. The van der Waals surface area contributed by atoms with E-state index in [4.69, 9.17) is 11.6 Å². The monoisotopic (exact) mass is 310 g/mol. The second-order valence-electron chi connectivity index (χ2n) is 5.79. The summed E-state index contributed by atoms with van der Waals surface area (Å²) in [5.74, 6) is 0. The molecule has 0 bridgehead atoms. The normalized spacial score (nSPS) is 12.5. The highest BCUT2D eigenvalue weighted by molar-refractivity contribution is 6.31. The van der Waals surface area contributed by atoms with Crippen molar-refractivity contribution in [2.24, 2.45) is 0 Å². The number of unbranched alkanes of at least 4 members (excludes halogenated alkanes) is 6. The maximum atomic E-state index is 6.29. The van der Waals surface area contributed by atoms with Crippen molar-refractivity contribution in [3.8, 4) is 0 Å². The first-order chi connectivity index (χ1) is 10.3. The van der Waals surface area contributed by atoms with Crippen LogP contribution in [0.2, 0.25) is 5.02 Å². The fourth-order valence-corrected chi connectivity index (χ4v) is 2.87. The molecule has 0 aliphatic carbocycles. The SMILES string of the molecule is CCCCCCCCCC(NCCC)c1ncccc1Cl. The molecule has 3 heteroatoms. The fourth-order valence-electron chi connectivity index (χ4n) is 2.61. The Balaban J connectivity index is 2.35. The van der Waals surface area contributed by atoms with Gasteiger partial charge in [-0.2, -0.15) is 0 Å². The van der Waals surface area contributed by atoms with Gasteiger partial charge in [-0.25, -0.2) is 0 Å². The molecule has 120 valence electrons. The molecule has 1 rings (SSSR count). The van der Waals surface area contributed by atoms with Gasteiger partial charge in [0.05, 0.1) is 16.8 Å². The van der Waals surface area contributed by atoms with Crippen molar-refractivity contribution < 1.29 is 0 Å². The summed E-state index contributed by atoms with van der Waals surface area (Å²) >= 11 is 6.29. The molecule has 1 unspecified atom stereocenters. The van der Waals surface area contributed by atoms with E-state index in [-0.39, 0.29) is 0 Å². The van der Waals surface area contributed by atoms with E-state index in [0.29, 0.717) is 6.04 Å². The molecule has 21 heavy (non-hydrogen) atoms. The van der Waals surface area contributed by atoms with Crippen molar-refractivity contribution in [1.29, 1.82) is 0 Å². The standard InChI is InChI=1S/C18H31ClN2/c1-3-5-6-7-8-9-10-13-17(20-14-4-2)18-16(19)12-11-15-21-18/h11-12,15,17,20H,3-10,13-14H2,1-2H3. The average molecular weight is 311 g/mol. The molecule has 0 aliphatic heterocycles. The molecule has 0 radical (unpaired) electrons. The molecule has 0 spiro atoms. The number of pyridine rings is 1. The number of nitrogens with one attached hydrogen (secondary N) is 1. The minimum Gasteiger partial charge on any atom is -0.309 e. The highest BCUT2D eigenvalue weighted by Gasteiger charge is 2.14. The Morgan fingerprint density at radius 1 is 1.05 bits per heavy atom. The van der Waals surface area contributed by atoms with Crippen LogP contribution in [0.5, 0.6) is 0 Å². The molecule has 2 nitrogen and oxygen atoms in total. The number of nitrogens with zero attached hydrogens (tertiary/aromatic N) is 1. The summed E-state index contributed by atoms with van der Waals surface area (Å²) in [7, 11) is 0. The van der Waals surface area contributed by atoms with Crippen LogP contribution in [0.4, 0.5) is 0 Å². The van der Waals surface area contributed by atoms with E-state index in [9.17, 15) is 0 Å². The quantitative estimate of drug-likeness (QED) is 0.485. The lowest BCUT2D eigenvalue weighted by Crippen LogP contribution is -2.23. The first-order valence-corrected chi connectivity index (χ1v) is 9.01. The van der Waals surface area contributed by atoms with Crippen LogP contribution >= 0.6 is 11.6 Å². The summed E-state index contributed by atoms with van der Waals surface area (Å²) in [6.07, 6.45) is 13.5. The predicted molar refractivity (Wildman–Crippen MR) is 92.9 cm³/mol. The molecule has 0 amide bonds. The lowest BCUT2D eigenvalue weighted by Gasteiger charge is -2.19. The molecular weight excluding hydrogens is 280 g/mol. The van der Waals surface area contributed by atoms with Crippen LogP contribution in [-0.4, -0.2) is 11.5 Å². The van der Waals surface area contributed by atoms with Crippen molar-refractivity contribution in [1.82, 2.24) is 10.3 Å². The van der Waals surface area contributed by atoms with Crippen molar-refractivity contribution in [3.05, 3.63) is 29.0 Å². The zero-order chi connectivity index (χ0) is 15.3. The second-order valence-corrected chi connectivity index (χ2v) is 6.19. The number of aromatic nitrogens is 1. The van der Waals surface area contributed by atoms with Gasteiger partial charge in [-0.1, -0.05) is 70.4 Å². The zero-order valence-corrected chi connectivity index (χ0v) is 14.5. The number of hydrogen-bond donors (Lipinski definition) is 1. The largest absolute Gasteiger partial charge is 0.309 e. The van der Waals surface area contributed by atoms with E-state index in [1.807, 2.05) is 18.3 Å². The minimum atomic E-state index is 0.300. The Labute approximate surface area is 135 Å². The third kappa shape index (κ3) is 7.82. The maximum Gasteiger partial charge on any atom is 0.0758 e. The zero-order valence-electron chi connectivity index (χ0n) is 13.7. The Hall–Kier alpha value is -0.600. The summed E-state index contributed by atoms with van der Waals surface area (Å²) in [6.45, 7) is 5.48. The van der Waals surface area contributed by atoms with E-state index in [1.54, 1.807) is 0 Å². The third-order valence-corrected chi connectivity index (χ3v) is 4.17. The molecule has 1 aromatic rings.